The minimum Gasteiger partial charge on any atom is -0.396 e. The van der Waals surface area contributed by atoms with Crippen molar-refractivity contribution < 1.29 is 5.11 Å². The van der Waals surface area contributed by atoms with Gasteiger partial charge >= 0.3 is 0 Å². The number of hydrogen-bond donors (Lipinski definition) is 1. The van der Waals surface area contributed by atoms with Gasteiger partial charge in [-0.05, 0) is 39.2 Å². The molecule has 1 atom stereocenters. The summed E-state index contributed by atoms with van der Waals surface area (Å²) in [7, 11) is 0. The molecular formula is C10H19NO. The average Bonchev–Trinajstić information content (AvgIpc) is 2.74. The van der Waals surface area contributed by atoms with E-state index < -0.39 is 0 Å². The maximum Gasteiger partial charge on any atom is 0.0499 e. The summed E-state index contributed by atoms with van der Waals surface area (Å²) in [6.07, 6.45) is 5.18. The van der Waals surface area contributed by atoms with Crippen LogP contribution in [0, 0.1) is 5.41 Å². The standard InChI is InChI=1S/C10H19NO/c1-9-3-2-6-11(9)7-10(8-12)4-5-10/h9,12H,2-8H2,1H3/t9-/m0/s1. The molecule has 2 heteroatoms. The Morgan fingerprint density at radius 1 is 1.50 bits per heavy atom. The zero-order valence-electron chi connectivity index (χ0n) is 7.92. The molecular weight excluding hydrogens is 150 g/mol. The van der Waals surface area contributed by atoms with Crippen LogP contribution in [0.5, 0.6) is 0 Å². The van der Waals surface area contributed by atoms with Crippen LogP contribution in [0.15, 0.2) is 0 Å². The highest BCUT2D eigenvalue weighted by Gasteiger charge is 2.44. The second-order valence-corrected chi connectivity index (χ2v) is 4.62. The third kappa shape index (κ3) is 1.50. The lowest BCUT2D eigenvalue weighted by Gasteiger charge is -2.25. The van der Waals surface area contributed by atoms with E-state index in [2.05, 4.69) is 11.8 Å². The van der Waals surface area contributed by atoms with E-state index in [1.807, 2.05) is 0 Å². The van der Waals surface area contributed by atoms with Gasteiger partial charge in [-0.1, -0.05) is 0 Å². The number of nitrogens with zero attached hydrogens (tertiary/aromatic N) is 1. The highest BCUT2D eigenvalue weighted by atomic mass is 16.3. The van der Waals surface area contributed by atoms with Crippen molar-refractivity contribution in [2.75, 3.05) is 19.7 Å². The summed E-state index contributed by atoms with van der Waals surface area (Å²) in [6, 6.07) is 0.758. The summed E-state index contributed by atoms with van der Waals surface area (Å²) in [4.78, 5) is 2.54. The number of aliphatic hydroxyl groups is 1. The Kier molecular flexibility index (Phi) is 2.13. The van der Waals surface area contributed by atoms with Crippen molar-refractivity contribution in [1.82, 2.24) is 4.90 Å². The van der Waals surface area contributed by atoms with Crippen LogP contribution < -0.4 is 0 Å². The minimum absolute atomic E-state index is 0.318. The molecule has 0 radical (unpaired) electrons. The minimum atomic E-state index is 0.318. The molecule has 0 aromatic heterocycles. The molecule has 0 aromatic carbocycles. The molecule has 1 saturated carbocycles. The van der Waals surface area contributed by atoms with Crippen LogP contribution in [0.1, 0.15) is 32.6 Å². The van der Waals surface area contributed by atoms with Gasteiger partial charge in [0.25, 0.3) is 0 Å². The van der Waals surface area contributed by atoms with E-state index in [0.29, 0.717) is 12.0 Å². The van der Waals surface area contributed by atoms with Crippen molar-refractivity contribution in [3.05, 3.63) is 0 Å². The normalized spacial score (nSPS) is 34.0. The van der Waals surface area contributed by atoms with Crippen molar-refractivity contribution in [2.45, 2.75) is 38.6 Å². The van der Waals surface area contributed by atoms with Crippen molar-refractivity contribution in [3.63, 3.8) is 0 Å². The molecule has 2 rings (SSSR count). The van der Waals surface area contributed by atoms with Gasteiger partial charge in [-0.15, -0.1) is 0 Å². The first kappa shape index (κ1) is 8.52. The fraction of sp³-hybridized carbons (Fsp3) is 1.00. The van der Waals surface area contributed by atoms with Crippen LogP contribution in [-0.2, 0) is 0 Å². The molecule has 0 bridgehead atoms. The first-order valence-corrected chi connectivity index (χ1v) is 5.11. The van der Waals surface area contributed by atoms with Gasteiger partial charge in [0.05, 0.1) is 0 Å². The monoisotopic (exact) mass is 169 g/mol. The lowest BCUT2D eigenvalue weighted by Crippen LogP contribution is -2.34. The molecule has 0 amide bonds. The summed E-state index contributed by atoms with van der Waals surface area (Å²) in [5, 5.41) is 9.18. The third-order valence-corrected chi connectivity index (χ3v) is 3.52. The van der Waals surface area contributed by atoms with Crippen molar-refractivity contribution in [2.24, 2.45) is 5.41 Å². The van der Waals surface area contributed by atoms with Crippen molar-refractivity contribution in [3.8, 4) is 0 Å². The quantitative estimate of drug-likeness (QED) is 0.687. The Balaban J connectivity index is 1.86. The summed E-state index contributed by atoms with van der Waals surface area (Å²) < 4.78 is 0. The fourth-order valence-electron chi connectivity index (χ4n) is 2.20. The smallest absolute Gasteiger partial charge is 0.0499 e. The van der Waals surface area contributed by atoms with Crippen molar-refractivity contribution in [1.29, 1.82) is 0 Å². The van der Waals surface area contributed by atoms with Crippen LogP contribution in [-0.4, -0.2) is 35.7 Å². The Hall–Kier alpha value is -0.0800. The van der Waals surface area contributed by atoms with E-state index in [9.17, 15) is 5.11 Å². The van der Waals surface area contributed by atoms with Gasteiger partial charge in [-0.25, -0.2) is 0 Å². The van der Waals surface area contributed by atoms with E-state index in [1.165, 1.54) is 32.2 Å². The van der Waals surface area contributed by atoms with Gasteiger partial charge in [0, 0.05) is 24.6 Å². The first-order valence-electron chi connectivity index (χ1n) is 5.11. The van der Waals surface area contributed by atoms with E-state index in [4.69, 9.17) is 0 Å². The van der Waals surface area contributed by atoms with Gasteiger partial charge in [-0.3, -0.25) is 0 Å². The Labute approximate surface area is 74.6 Å². The predicted octanol–water partition coefficient (Wildman–Crippen LogP) is 1.24. The third-order valence-electron chi connectivity index (χ3n) is 3.52. The van der Waals surface area contributed by atoms with Gasteiger partial charge in [0.2, 0.25) is 0 Å². The number of rotatable bonds is 3. The van der Waals surface area contributed by atoms with Gasteiger partial charge in [-0.2, -0.15) is 0 Å². The predicted molar refractivity (Wildman–Crippen MR) is 49.0 cm³/mol. The summed E-state index contributed by atoms with van der Waals surface area (Å²) in [6.45, 7) is 5.10. The summed E-state index contributed by atoms with van der Waals surface area (Å²) in [5.74, 6) is 0. The molecule has 1 saturated heterocycles. The van der Waals surface area contributed by atoms with E-state index in [1.54, 1.807) is 0 Å². The van der Waals surface area contributed by atoms with Gasteiger partial charge in [0.15, 0.2) is 0 Å². The molecule has 1 aliphatic carbocycles. The Morgan fingerprint density at radius 3 is 2.67 bits per heavy atom. The summed E-state index contributed by atoms with van der Waals surface area (Å²) in [5.41, 5.74) is 0.318. The fourth-order valence-corrected chi connectivity index (χ4v) is 2.20. The maximum absolute atomic E-state index is 9.18. The SMILES string of the molecule is C[C@H]1CCCN1CC1(CO)CC1. The number of aliphatic hydroxyl groups excluding tert-OH is 1. The second-order valence-electron chi connectivity index (χ2n) is 4.62. The zero-order valence-corrected chi connectivity index (χ0v) is 7.92. The molecule has 1 aliphatic heterocycles. The molecule has 1 heterocycles. The van der Waals surface area contributed by atoms with E-state index in [-0.39, 0.29) is 0 Å². The highest BCUT2D eigenvalue weighted by molar-refractivity contribution is 4.96. The lowest BCUT2D eigenvalue weighted by atomic mass is 10.1. The van der Waals surface area contributed by atoms with Crippen LogP contribution >= 0.6 is 0 Å². The molecule has 0 spiro atoms. The molecule has 2 aliphatic rings. The Morgan fingerprint density at radius 2 is 2.25 bits per heavy atom. The molecule has 12 heavy (non-hydrogen) atoms. The van der Waals surface area contributed by atoms with Crippen LogP contribution in [0.4, 0.5) is 0 Å². The molecule has 70 valence electrons. The highest BCUT2D eigenvalue weighted by Crippen LogP contribution is 2.46. The van der Waals surface area contributed by atoms with Crippen LogP contribution in [0.2, 0.25) is 0 Å². The average molecular weight is 169 g/mol. The van der Waals surface area contributed by atoms with Crippen LogP contribution in [0.3, 0.4) is 0 Å². The molecule has 2 nitrogen and oxygen atoms in total. The van der Waals surface area contributed by atoms with Gasteiger partial charge < -0.3 is 10.0 Å². The molecule has 0 aromatic rings. The largest absolute Gasteiger partial charge is 0.396 e. The lowest BCUT2D eigenvalue weighted by molar-refractivity contribution is 0.145. The Bertz CT molecular complexity index is 165. The summed E-state index contributed by atoms with van der Waals surface area (Å²) >= 11 is 0. The topological polar surface area (TPSA) is 23.5 Å². The second kappa shape index (κ2) is 3.00. The van der Waals surface area contributed by atoms with E-state index >= 15 is 0 Å². The van der Waals surface area contributed by atoms with Gasteiger partial charge in [0.1, 0.15) is 0 Å². The zero-order chi connectivity index (χ0) is 8.60. The molecule has 0 unspecified atom stereocenters. The van der Waals surface area contributed by atoms with E-state index in [0.717, 1.165) is 12.6 Å². The first-order chi connectivity index (χ1) is 5.76. The van der Waals surface area contributed by atoms with Crippen LogP contribution in [0.25, 0.3) is 0 Å². The number of likely N-dealkylation sites (tertiary alicyclic amines) is 1. The number of hydrogen-bond acceptors (Lipinski definition) is 2. The molecule has 2 fully saturated rings. The maximum atomic E-state index is 9.18. The van der Waals surface area contributed by atoms with Crippen molar-refractivity contribution >= 4 is 0 Å². The molecule has 1 N–H and O–H groups in total.